The minimum atomic E-state index is -0.102. The highest BCUT2D eigenvalue weighted by Crippen LogP contribution is 2.34. The molecular weight excluding hydrogens is 372 g/mol. The zero-order valence-electron chi connectivity index (χ0n) is 14.0. The van der Waals surface area contributed by atoms with Crippen LogP contribution in [-0.4, -0.2) is 33.3 Å². The predicted molar refractivity (Wildman–Crippen MR) is 104 cm³/mol. The number of halogens is 1. The van der Waals surface area contributed by atoms with Gasteiger partial charge in [-0.2, -0.15) is 14.9 Å². The summed E-state index contributed by atoms with van der Waals surface area (Å²) in [6.45, 7) is 0. The molecule has 0 aliphatic heterocycles. The topological polar surface area (TPSA) is 75.4 Å². The Balaban J connectivity index is 1.82. The summed E-state index contributed by atoms with van der Waals surface area (Å²) in [7, 11) is 1.46. The van der Waals surface area contributed by atoms with Gasteiger partial charge in [0.1, 0.15) is 0 Å². The molecule has 0 spiro atoms. The summed E-state index contributed by atoms with van der Waals surface area (Å²) in [5.41, 5.74) is 1.88. The molecule has 26 heavy (non-hydrogen) atoms. The molecule has 2 N–H and O–H groups in total. The van der Waals surface area contributed by atoms with E-state index in [0.717, 1.165) is 12.2 Å². The van der Waals surface area contributed by atoms with E-state index < -0.39 is 0 Å². The van der Waals surface area contributed by atoms with E-state index in [1.807, 2.05) is 18.2 Å². The van der Waals surface area contributed by atoms with Crippen LogP contribution in [0.4, 0.5) is 0 Å². The minimum Gasteiger partial charge on any atom is -0.503 e. The van der Waals surface area contributed by atoms with E-state index in [1.165, 1.54) is 12.7 Å². The fourth-order valence-electron chi connectivity index (χ4n) is 2.45. The second-order valence-corrected chi connectivity index (χ2v) is 6.33. The first-order valence-electron chi connectivity index (χ1n) is 7.89. The first kappa shape index (κ1) is 18.2. The van der Waals surface area contributed by atoms with E-state index in [9.17, 15) is 5.11 Å². The van der Waals surface area contributed by atoms with E-state index in [1.54, 1.807) is 23.0 Å². The second-order valence-electron chi connectivity index (χ2n) is 5.54. The number of H-pyrrole nitrogens is 1. The zero-order valence-corrected chi connectivity index (χ0v) is 15.6. The maximum atomic E-state index is 9.80. The second kappa shape index (κ2) is 8.16. The summed E-state index contributed by atoms with van der Waals surface area (Å²) in [4.78, 5) is 0. The van der Waals surface area contributed by atoms with Crippen molar-refractivity contribution in [1.82, 2.24) is 14.9 Å². The quantitative estimate of drug-likeness (QED) is 0.494. The fourth-order valence-corrected chi connectivity index (χ4v) is 2.87. The van der Waals surface area contributed by atoms with Gasteiger partial charge in [-0.25, -0.2) is 0 Å². The number of aromatic amines is 1. The fraction of sp³-hybridized carbons (Fsp3) is 0.167. The van der Waals surface area contributed by atoms with Crippen LogP contribution in [-0.2, 0) is 12.8 Å². The molecule has 0 bridgehead atoms. The molecule has 0 saturated heterocycles. The van der Waals surface area contributed by atoms with Gasteiger partial charge in [0, 0.05) is 6.42 Å². The van der Waals surface area contributed by atoms with Gasteiger partial charge in [-0.15, -0.1) is 0 Å². The lowest BCUT2D eigenvalue weighted by atomic mass is 10.1. The number of benzene rings is 2. The van der Waals surface area contributed by atoms with Gasteiger partial charge in [0.2, 0.25) is 4.77 Å². The standard InChI is InChI=1S/C18H17ClN4O2S/c1-25-15-10-13(9-14(19)17(15)24)11-20-23-16(21-22-18(23)26)8-7-12-5-3-2-4-6-12/h2-6,9-11,24H,7-8H2,1H3,(H,22,26)/b20-11-. The Morgan fingerprint density at radius 1 is 1.31 bits per heavy atom. The normalized spacial score (nSPS) is 11.2. The number of nitrogens with one attached hydrogen (secondary N) is 1. The van der Waals surface area contributed by atoms with Gasteiger partial charge in [0.05, 0.1) is 18.3 Å². The number of methoxy groups -OCH3 is 1. The Morgan fingerprint density at radius 2 is 2.08 bits per heavy atom. The highest BCUT2D eigenvalue weighted by Gasteiger charge is 2.09. The average Bonchev–Trinajstić information content (AvgIpc) is 3.01. The van der Waals surface area contributed by atoms with Crippen LogP contribution >= 0.6 is 23.8 Å². The maximum Gasteiger partial charge on any atom is 0.216 e. The summed E-state index contributed by atoms with van der Waals surface area (Å²) in [5, 5.41) is 21.4. The molecule has 8 heteroatoms. The molecule has 1 aromatic heterocycles. The van der Waals surface area contributed by atoms with Gasteiger partial charge in [0.25, 0.3) is 0 Å². The lowest BCUT2D eigenvalue weighted by Crippen LogP contribution is -2.01. The Hall–Kier alpha value is -2.64. The number of aromatic hydroxyl groups is 1. The number of aromatic nitrogens is 3. The van der Waals surface area contributed by atoms with Crippen molar-refractivity contribution in [2.75, 3.05) is 7.11 Å². The summed E-state index contributed by atoms with van der Waals surface area (Å²) in [5.74, 6) is 0.903. The molecule has 2 aromatic carbocycles. The van der Waals surface area contributed by atoms with Crippen LogP contribution in [0.1, 0.15) is 17.0 Å². The van der Waals surface area contributed by atoms with Crippen molar-refractivity contribution in [3.05, 3.63) is 69.2 Å². The van der Waals surface area contributed by atoms with E-state index >= 15 is 0 Å². The number of ether oxygens (including phenoxy) is 1. The number of aryl methyl sites for hydroxylation is 2. The van der Waals surface area contributed by atoms with Crippen molar-refractivity contribution in [3.63, 3.8) is 0 Å². The number of nitrogens with zero attached hydrogens (tertiary/aromatic N) is 3. The van der Waals surface area contributed by atoms with Crippen LogP contribution in [0.25, 0.3) is 0 Å². The Morgan fingerprint density at radius 3 is 2.81 bits per heavy atom. The summed E-state index contributed by atoms with van der Waals surface area (Å²) in [6.07, 6.45) is 3.11. The molecule has 0 saturated carbocycles. The smallest absolute Gasteiger partial charge is 0.216 e. The molecule has 0 radical (unpaired) electrons. The van der Waals surface area contributed by atoms with E-state index in [-0.39, 0.29) is 16.5 Å². The third-order valence-electron chi connectivity index (χ3n) is 3.79. The van der Waals surface area contributed by atoms with Crippen molar-refractivity contribution in [1.29, 1.82) is 0 Å². The van der Waals surface area contributed by atoms with Crippen molar-refractivity contribution in [2.45, 2.75) is 12.8 Å². The Kier molecular flexibility index (Phi) is 5.70. The number of hydrogen-bond donors (Lipinski definition) is 2. The van der Waals surface area contributed by atoms with Crippen molar-refractivity contribution < 1.29 is 9.84 Å². The maximum absolute atomic E-state index is 9.80. The molecule has 0 atom stereocenters. The highest BCUT2D eigenvalue weighted by atomic mass is 35.5. The molecule has 0 aliphatic carbocycles. The van der Waals surface area contributed by atoms with Crippen molar-refractivity contribution >= 4 is 30.0 Å². The van der Waals surface area contributed by atoms with Gasteiger partial charge < -0.3 is 9.84 Å². The summed E-state index contributed by atoms with van der Waals surface area (Å²) in [6, 6.07) is 13.4. The molecule has 0 fully saturated rings. The third kappa shape index (κ3) is 4.12. The van der Waals surface area contributed by atoms with Gasteiger partial charge in [-0.05, 0) is 41.9 Å². The highest BCUT2D eigenvalue weighted by molar-refractivity contribution is 7.71. The SMILES string of the molecule is COc1cc(/C=N\n2c(CCc3ccccc3)n[nH]c2=S)cc(Cl)c1O. The largest absolute Gasteiger partial charge is 0.503 e. The molecule has 0 amide bonds. The van der Waals surface area contributed by atoms with Crippen LogP contribution in [0, 0.1) is 4.77 Å². The zero-order chi connectivity index (χ0) is 18.5. The van der Waals surface area contributed by atoms with Gasteiger partial charge in [0.15, 0.2) is 17.3 Å². The number of phenolic OH excluding ortho intramolecular Hbond substituents is 1. The molecule has 3 rings (SSSR count). The number of rotatable bonds is 6. The molecular formula is C18H17ClN4O2S. The number of hydrogen-bond acceptors (Lipinski definition) is 5. The first-order chi connectivity index (χ1) is 12.6. The van der Waals surface area contributed by atoms with Crippen LogP contribution in [0.15, 0.2) is 47.6 Å². The monoisotopic (exact) mass is 388 g/mol. The third-order valence-corrected chi connectivity index (χ3v) is 4.34. The van der Waals surface area contributed by atoms with Gasteiger partial charge >= 0.3 is 0 Å². The lowest BCUT2D eigenvalue weighted by Gasteiger charge is -2.06. The molecule has 134 valence electrons. The lowest BCUT2D eigenvalue weighted by molar-refractivity contribution is 0.373. The summed E-state index contributed by atoms with van der Waals surface area (Å²) >= 11 is 11.3. The molecule has 6 nitrogen and oxygen atoms in total. The van der Waals surface area contributed by atoms with E-state index in [0.29, 0.717) is 16.8 Å². The van der Waals surface area contributed by atoms with Crippen LogP contribution in [0.5, 0.6) is 11.5 Å². The van der Waals surface area contributed by atoms with E-state index in [2.05, 4.69) is 27.4 Å². The molecule has 1 heterocycles. The molecule has 3 aromatic rings. The average molecular weight is 389 g/mol. The van der Waals surface area contributed by atoms with Crippen LogP contribution in [0.2, 0.25) is 5.02 Å². The Labute approximate surface area is 160 Å². The van der Waals surface area contributed by atoms with Gasteiger partial charge in [-0.1, -0.05) is 41.9 Å². The van der Waals surface area contributed by atoms with Crippen molar-refractivity contribution in [3.8, 4) is 11.5 Å². The minimum absolute atomic E-state index is 0.102. The van der Waals surface area contributed by atoms with Crippen LogP contribution < -0.4 is 4.74 Å². The molecule has 0 unspecified atom stereocenters. The molecule has 0 aliphatic rings. The Bertz CT molecular complexity index is 983. The number of phenols is 1. The van der Waals surface area contributed by atoms with Gasteiger partial charge in [-0.3, -0.25) is 5.10 Å². The summed E-state index contributed by atoms with van der Waals surface area (Å²) < 4.78 is 7.08. The van der Waals surface area contributed by atoms with E-state index in [4.69, 9.17) is 28.6 Å². The first-order valence-corrected chi connectivity index (χ1v) is 8.68. The predicted octanol–water partition coefficient (Wildman–Crippen LogP) is 3.98. The van der Waals surface area contributed by atoms with Crippen molar-refractivity contribution in [2.24, 2.45) is 5.10 Å². The van der Waals surface area contributed by atoms with Crippen LogP contribution in [0.3, 0.4) is 0 Å².